The van der Waals surface area contributed by atoms with Crippen LogP contribution in [0.4, 0.5) is 5.95 Å². The minimum Gasteiger partial charge on any atom is -0.394 e. The second-order valence-corrected chi connectivity index (χ2v) is 10.4. The summed E-state index contributed by atoms with van der Waals surface area (Å²) in [5.74, 6) is -0.633. The lowest BCUT2D eigenvalue weighted by molar-refractivity contribution is -0.161. The molecule has 20 heteroatoms. The highest BCUT2D eigenvalue weighted by Gasteiger charge is 2.54. The van der Waals surface area contributed by atoms with Crippen LogP contribution in [0.5, 0.6) is 0 Å². The van der Waals surface area contributed by atoms with Gasteiger partial charge < -0.3 is 50.2 Å². The zero-order valence-electron chi connectivity index (χ0n) is 22.2. The van der Waals surface area contributed by atoms with E-state index >= 15 is 0 Å². The fraction of sp³-hybridized carbons (Fsp3) is 0.636. The van der Waals surface area contributed by atoms with Gasteiger partial charge in [0.25, 0.3) is 5.56 Å². The fourth-order valence-corrected chi connectivity index (χ4v) is 5.61. The molecule has 7 N–H and O–H groups in total. The number of hydrogen-bond donors (Lipinski definition) is 6. The molecule has 0 spiro atoms. The van der Waals surface area contributed by atoms with Crippen molar-refractivity contribution in [3.8, 4) is 0 Å². The predicted octanol–water partition coefficient (Wildman–Crippen LogP) is -2.62. The molecule has 5 rings (SSSR count). The Morgan fingerprint density at radius 1 is 1.21 bits per heavy atom. The monoisotopic (exact) mass is 616 g/mol. The van der Waals surface area contributed by atoms with E-state index in [-0.39, 0.29) is 43.4 Å². The Hall–Kier alpha value is -3.10. The smallest absolute Gasteiger partial charge is 0.394 e. The Balaban J connectivity index is 1.23. The van der Waals surface area contributed by atoms with E-state index < -0.39 is 75.7 Å². The summed E-state index contributed by atoms with van der Waals surface area (Å²) in [6, 6.07) is 0. The van der Waals surface area contributed by atoms with Gasteiger partial charge in [-0.15, -0.1) is 9.05 Å². The van der Waals surface area contributed by atoms with Gasteiger partial charge in [-0.05, 0) is 0 Å². The minimum atomic E-state index is -2.86. The van der Waals surface area contributed by atoms with Crippen molar-refractivity contribution < 1.29 is 52.7 Å². The number of nitrogens with two attached hydrogens (primary N) is 1. The van der Waals surface area contributed by atoms with Crippen LogP contribution >= 0.6 is 8.25 Å². The zero-order valence-corrected chi connectivity index (χ0v) is 23.1. The Morgan fingerprint density at radius 2 is 2.02 bits per heavy atom. The third-order valence-corrected chi connectivity index (χ3v) is 7.60. The number of nitrogen functional groups attached to an aromatic ring is 1. The summed E-state index contributed by atoms with van der Waals surface area (Å²) >= 11 is 0. The molecule has 9 atom stereocenters. The number of nitrogens with zero attached hydrogens (tertiary/aromatic N) is 4. The molecule has 3 aliphatic rings. The number of methoxy groups -OCH3 is 1. The van der Waals surface area contributed by atoms with Gasteiger partial charge in [0.1, 0.15) is 31.1 Å². The second kappa shape index (κ2) is 13.0. The molecule has 3 aliphatic heterocycles. The maximum atomic E-state index is 12.9. The number of nitrogens with one attached hydrogen (secondary N) is 2. The number of imidazole rings is 1. The van der Waals surface area contributed by atoms with Crippen LogP contribution in [0.15, 0.2) is 23.4 Å². The maximum Gasteiger partial charge on any atom is 0.697 e. The number of hydrogen-bond acceptors (Lipinski definition) is 16. The van der Waals surface area contributed by atoms with Crippen LogP contribution in [0, 0.1) is 0 Å². The van der Waals surface area contributed by atoms with E-state index in [0.29, 0.717) is 0 Å². The van der Waals surface area contributed by atoms with Crippen molar-refractivity contribution >= 4 is 31.3 Å². The number of aromatic amines is 1. The largest absolute Gasteiger partial charge is 0.697 e. The third-order valence-electron chi connectivity index (χ3n) is 6.83. The topological polar surface area (TPSA) is 255 Å². The summed E-state index contributed by atoms with van der Waals surface area (Å²) in [6.45, 7) is -0.639. The number of amides is 1. The van der Waals surface area contributed by atoms with Crippen molar-refractivity contribution in [1.82, 2.24) is 29.7 Å². The molecule has 2 unspecified atom stereocenters. The number of ether oxygens (including phenoxy) is 4. The van der Waals surface area contributed by atoms with Crippen LogP contribution in [0.3, 0.4) is 0 Å². The lowest BCUT2D eigenvalue weighted by Gasteiger charge is -2.36. The molecule has 5 heterocycles. The molecular formula is C22H31N7O12P+. The normalized spacial score (nSPS) is 31.7. The van der Waals surface area contributed by atoms with Crippen molar-refractivity contribution in [2.45, 2.75) is 55.7 Å². The first-order valence-electron chi connectivity index (χ1n) is 12.8. The van der Waals surface area contributed by atoms with E-state index in [4.69, 9.17) is 33.7 Å². The van der Waals surface area contributed by atoms with Gasteiger partial charge in [-0.3, -0.25) is 19.1 Å². The molecule has 2 fully saturated rings. The number of carbonyl (C=O) groups is 1. The van der Waals surface area contributed by atoms with Crippen LogP contribution in [-0.2, 0) is 37.4 Å². The van der Waals surface area contributed by atoms with Crippen molar-refractivity contribution in [2.75, 3.05) is 39.3 Å². The lowest BCUT2D eigenvalue weighted by atomic mass is 10.1. The fourth-order valence-electron chi connectivity index (χ4n) is 4.83. The number of H-pyrrole nitrogens is 1. The number of anilines is 1. The molecule has 2 saturated heterocycles. The Bertz CT molecular complexity index is 1370. The first kappa shape index (κ1) is 30.4. The molecule has 0 aliphatic carbocycles. The summed E-state index contributed by atoms with van der Waals surface area (Å²) in [7, 11) is -1.39. The van der Waals surface area contributed by atoms with Gasteiger partial charge in [0.05, 0.1) is 32.3 Å². The van der Waals surface area contributed by atoms with Crippen LogP contribution in [0.1, 0.15) is 12.6 Å². The van der Waals surface area contributed by atoms with Crippen LogP contribution in [0.25, 0.3) is 11.2 Å². The first-order valence-corrected chi connectivity index (χ1v) is 13.9. The van der Waals surface area contributed by atoms with Crippen molar-refractivity contribution in [3.05, 3.63) is 29.0 Å². The highest BCUT2D eigenvalue weighted by atomic mass is 31.1. The van der Waals surface area contributed by atoms with E-state index in [1.165, 1.54) is 35.2 Å². The number of aliphatic hydroxyl groups excluding tert-OH is 3. The van der Waals surface area contributed by atoms with E-state index in [9.17, 15) is 29.5 Å². The van der Waals surface area contributed by atoms with E-state index in [2.05, 4.69) is 20.3 Å². The quantitative estimate of drug-likeness (QED) is 0.105. The number of aromatic nitrogens is 4. The highest BCUT2D eigenvalue weighted by Crippen LogP contribution is 2.38. The second-order valence-electron chi connectivity index (χ2n) is 9.52. The molecule has 1 amide bonds. The molecule has 0 saturated carbocycles. The summed E-state index contributed by atoms with van der Waals surface area (Å²) in [5.41, 5.74) is 5.33. The summed E-state index contributed by atoms with van der Waals surface area (Å²) in [4.78, 5) is 35.4. The standard InChI is InChI=1S/C22H30N7O12P/c1-36-4-5-37-17-16(11(7-30)40-20(17)28-3-2-13(32)25-22(28)34)41-42(35)38-8-12-10(31)6-14(39-12)29-9-24-15-18(29)26-21(23)27-19(15)33/h2-3,9-12,14,16-17,20,22,30-31,34H,4-8H2,1H3,(H3-,23,25,26,27,32,33)/p+1/t10-,11+,12+,14+,16+,17+,20+,22?/m0/s1. The predicted molar refractivity (Wildman–Crippen MR) is 138 cm³/mol. The Labute approximate surface area is 238 Å². The molecule has 0 bridgehead atoms. The average molecular weight is 617 g/mol. The van der Waals surface area contributed by atoms with Crippen LogP contribution in [0.2, 0.25) is 0 Å². The molecule has 19 nitrogen and oxygen atoms in total. The highest BCUT2D eigenvalue weighted by molar-refractivity contribution is 7.33. The van der Waals surface area contributed by atoms with Crippen molar-refractivity contribution in [2.24, 2.45) is 0 Å². The van der Waals surface area contributed by atoms with Crippen LogP contribution in [-0.4, -0.2) is 122 Å². The molecule has 0 radical (unpaired) electrons. The van der Waals surface area contributed by atoms with Gasteiger partial charge in [0, 0.05) is 30.4 Å². The zero-order chi connectivity index (χ0) is 30.0. The van der Waals surface area contributed by atoms with Crippen molar-refractivity contribution in [3.63, 3.8) is 0 Å². The first-order chi connectivity index (χ1) is 20.2. The van der Waals surface area contributed by atoms with Crippen LogP contribution < -0.4 is 16.6 Å². The minimum absolute atomic E-state index is 0.0474. The van der Waals surface area contributed by atoms with E-state index in [1.54, 1.807) is 0 Å². The third kappa shape index (κ3) is 6.30. The Morgan fingerprint density at radius 3 is 2.76 bits per heavy atom. The SMILES string of the molecule is COCCO[C@@H]1[C@H](O[P+](=O)OC[C@H]2O[C@@H](n3cnc4c(=O)[nH]c(N)nc43)C[C@@H]2O)[C@@H](CO)O[C@H]1N1C=CC(=O)NC1O. The van der Waals surface area contributed by atoms with E-state index in [0.717, 1.165) is 0 Å². The van der Waals surface area contributed by atoms with Gasteiger partial charge in [-0.2, -0.15) is 4.98 Å². The molecule has 42 heavy (non-hydrogen) atoms. The Kier molecular flexibility index (Phi) is 9.43. The summed E-state index contributed by atoms with van der Waals surface area (Å²) in [6.07, 6.45) is -4.53. The molecule has 230 valence electrons. The summed E-state index contributed by atoms with van der Waals surface area (Å²) in [5, 5.41) is 33.2. The number of carbonyl (C=O) groups excluding carboxylic acids is 1. The summed E-state index contributed by atoms with van der Waals surface area (Å²) < 4.78 is 47.9. The van der Waals surface area contributed by atoms with Gasteiger partial charge in [0.2, 0.25) is 18.2 Å². The number of aliphatic hydroxyl groups is 3. The molecule has 2 aromatic heterocycles. The van der Waals surface area contributed by atoms with Crippen molar-refractivity contribution in [1.29, 1.82) is 0 Å². The molecule has 2 aromatic rings. The molecular weight excluding hydrogens is 585 g/mol. The van der Waals surface area contributed by atoms with Gasteiger partial charge in [-0.1, -0.05) is 0 Å². The lowest BCUT2D eigenvalue weighted by Crippen LogP contribution is -2.56. The van der Waals surface area contributed by atoms with Gasteiger partial charge in [0.15, 0.2) is 23.5 Å². The van der Waals surface area contributed by atoms with E-state index in [1.807, 2.05) is 0 Å². The number of rotatable bonds is 12. The maximum absolute atomic E-state index is 12.9. The van der Waals surface area contributed by atoms with Gasteiger partial charge in [-0.25, -0.2) is 4.98 Å². The number of fused-ring (bicyclic) bond motifs is 1. The average Bonchev–Trinajstić information content (AvgIpc) is 3.63. The molecule has 0 aromatic carbocycles. The van der Waals surface area contributed by atoms with Gasteiger partial charge >= 0.3 is 8.25 Å².